The van der Waals surface area contributed by atoms with Gasteiger partial charge in [0.2, 0.25) is 0 Å². The van der Waals surface area contributed by atoms with E-state index >= 15 is 0 Å². The quantitative estimate of drug-likeness (QED) is 0.362. The van der Waals surface area contributed by atoms with Gasteiger partial charge in [-0.25, -0.2) is 0 Å². The molecule has 0 aromatic carbocycles. The average Bonchev–Trinajstić information content (AvgIpc) is 0.722. The molecule has 0 atom stereocenters. The van der Waals surface area contributed by atoms with E-state index in [4.69, 9.17) is 15.8 Å². The summed E-state index contributed by atoms with van der Waals surface area (Å²) in [5.74, 6) is 0. The summed E-state index contributed by atoms with van der Waals surface area (Å²) in [7, 11) is 0. The van der Waals surface area contributed by atoms with Crippen LogP contribution in [0.4, 0.5) is 0 Å². The first-order valence-corrected chi connectivity index (χ1v) is 3.01. The molecule has 0 radical (unpaired) electrons. The van der Waals surface area contributed by atoms with Gasteiger partial charge in [-0.15, -0.1) is 0 Å². The zero-order valence-corrected chi connectivity index (χ0v) is 13.0. The Kier molecular flexibility index (Phi) is 45.2. The van der Waals surface area contributed by atoms with E-state index in [1.54, 1.807) is 0 Å². The average molecular weight is 202 g/mol. The maximum absolute atomic E-state index is 8.61. The normalized spacial score (nSPS) is 6.56. The second-order valence-electron chi connectivity index (χ2n) is 0.447. The molecule has 0 aliphatic rings. The second kappa shape index (κ2) is 13.8. The summed E-state index contributed by atoms with van der Waals surface area (Å²) in [6, 6.07) is 0. The number of hydrogen-bond acceptors (Lipinski definition) is 4. The first kappa shape index (κ1) is 29.5. The van der Waals surface area contributed by atoms with Crippen LogP contribution in [0, 0.1) is 0 Å². The Morgan fingerprint density at radius 2 is 0.889 bits per heavy atom. The molecule has 2 N–H and O–H groups in total. The molecule has 0 aliphatic heterocycles. The van der Waals surface area contributed by atoms with Crippen LogP contribution < -0.4 is 101 Å². The summed E-state index contributed by atoms with van der Waals surface area (Å²) in [6.07, 6.45) is 0. The molecular weight excluding hydrogens is 200 g/mol. The van der Waals surface area contributed by atoms with Crippen LogP contribution in [0.2, 0.25) is 0 Å². The molecule has 0 aromatic heterocycles. The Labute approximate surface area is 122 Å². The van der Waals surface area contributed by atoms with Crippen LogP contribution in [0.25, 0.3) is 0 Å². The zero-order valence-electron chi connectivity index (χ0n) is 5.58. The number of rotatable bonds is 0. The van der Waals surface area contributed by atoms with Gasteiger partial charge in [-0.2, -0.15) is 0 Å². The fourth-order valence-corrected chi connectivity index (χ4v) is 0. The molecule has 0 aliphatic carbocycles. The van der Waals surface area contributed by atoms with Crippen molar-refractivity contribution in [2.24, 2.45) is 0 Å². The van der Waals surface area contributed by atoms with Gasteiger partial charge in [0, 0.05) is 0 Å². The van der Waals surface area contributed by atoms with E-state index in [2.05, 4.69) is 0 Å². The molecule has 0 rings (SSSR count). The topological polar surface area (TPSA) is 118 Å². The molecule has 0 amide bonds. The van der Waals surface area contributed by atoms with Crippen molar-refractivity contribution in [1.82, 2.24) is 0 Å². The molecule has 0 saturated heterocycles. The summed E-state index contributed by atoms with van der Waals surface area (Å²) in [5, 5.41) is 0. The van der Waals surface area contributed by atoms with Crippen molar-refractivity contribution in [3.05, 3.63) is 0 Å². The first-order valence-electron chi connectivity index (χ1n) is 0.730. The van der Waals surface area contributed by atoms with Crippen molar-refractivity contribution >= 4 is 0 Å². The molecule has 0 spiro atoms. The predicted molar refractivity (Wildman–Crippen MR) is 4.30 cm³/mol. The summed E-state index contributed by atoms with van der Waals surface area (Å²) in [4.78, 5) is 0. The summed E-state index contributed by atoms with van der Waals surface area (Å²) in [6.45, 7) is 0. The van der Waals surface area contributed by atoms with Gasteiger partial charge in [-0.3, -0.25) is 0 Å². The molecule has 0 bridgehead atoms. The van der Waals surface area contributed by atoms with Crippen molar-refractivity contribution in [3.63, 3.8) is 0 Å². The standard InChI is InChI=1S/3Na.H2O.4O.V/h;;;1H2;;;;;/q3*+1;;;3*-1;. The van der Waals surface area contributed by atoms with Gasteiger partial charge >= 0.3 is 119 Å². The molecule has 0 unspecified atom stereocenters. The Bertz CT molecular complexity index is 58.3. The first-order chi connectivity index (χ1) is 2.00. The third-order valence-corrected chi connectivity index (χ3v) is 0. The van der Waals surface area contributed by atoms with Gasteiger partial charge in [0.25, 0.3) is 0 Å². The van der Waals surface area contributed by atoms with Crippen LogP contribution in [0.5, 0.6) is 0 Å². The van der Waals surface area contributed by atoms with Crippen molar-refractivity contribution in [1.29, 1.82) is 0 Å². The fraction of sp³-hybridized carbons (Fsp3) is 0. The van der Waals surface area contributed by atoms with E-state index in [1.165, 1.54) is 0 Å². The zero-order chi connectivity index (χ0) is 4.50. The minimum absolute atomic E-state index is 0. The summed E-state index contributed by atoms with van der Waals surface area (Å²) < 4.78 is 34.4. The van der Waals surface area contributed by atoms with Crippen LogP contribution in [0.15, 0.2) is 0 Å². The minimum atomic E-state index is -5.88. The molecular formula is H2Na3O5V. The van der Waals surface area contributed by atoms with Crippen molar-refractivity contribution in [2.75, 3.05) is 0 Å². The van der Waals surface area contributed by atoms with Gasteiger partial charge in [-0.1, -0.05) is 0 Å². The van der Waals surface area contributed by atoms with E-state index in [9.17, 15) is 0 Å². The monoisotopic (exact) mass is 202 g/mol. The molecule has 5 nitrogen and oxygen atoms in total. The van der Waals surface area contributed by atoms with Crippen LogP contribution in [0.1, 0.15) is 0 Å². The third-order valence-electron chi connectivity index (χ3n) is 0. The van der Waals surface area contributed by atoms with E-state index in [0.717, 1.165) is 0 Å². The fourth-order valence-electron chi connectivity index (χ4n) is 0. The van der Waals surface area contributed by atoms with Gasteiger partial charge < -0.3 is 5.48 Å². The second-order valence-corrected chi connectivity index (χ2v) is 1.84. The Morgan fingerprint density at radius 1 is 0.889 bits per heavy atom. The van der Waals surface area contributed by atoms with E-state index < -0.39 is 15.0 Å². The molecule has 0 heterocycles. The molecule has 0 aromatic rings. The molecule has 0 fully saturated rings. The summed E-state index contributed by atoms with van der Waals surface area (Å²) in [5.41, 5.74) is 0. The van der Waals surface area contributed by atoms with E-state index in [0.29, 0.717) is 0 Å². The van der Waals surface area contributed by atoms with Crippen LogP contribution in [0.3, 0.4) is 0 Å². The third kappa shape index (κ3) is 91.9. The van der Waals surface area contributed by atoms with Crippen LogP contribution in [-0.2, 0) is 18.7 Å². The van der Waals surface area contributed by atoms with E-state index in [-0.39, 0.29) is 94.1 Å². The Morgan fingerprint density at radius 3 is 0.889 bits per heavy atom. The number of hydrogen-bond donors (Lipinski definition) is 0. The Hall–Kier alpha value is 3.22. The van der Waals surface area contributed by atoms with E-state index in [1.807, 2.05) is 0 Å². The van der Waals surface area contributed by atoms with Crippen LogP contribution in [-0.4, -0.2) is 5.48 Å². The maximum atomic E-state index is 8.61. The van der Waals surface area contributed by atoms with Crippen molar-refractivity contribution in [2.45, 2.75) is 0 Å². The molecule has 0 saturated carbocycles. The van der Waals surface area contributed by atoms with Crippen molar-refractivity contribution in [3.8, 4) is 0 Å². The van der Waals surface area contributed by atoms with Gasteiger partial charge in [-0.05, 0) is 0 Å². The van der Waals surface area contributed by atoms with Crippen LogP contribution >= 0.6 is 0 Å². The van der Waals surface area contributed by atoms with Crippen molar-refractivity contribution < 1.29 is 125 Å². The SMILES string of the molecule is O.[Na+].[Na+].[Na+].[O]=[V]([O-])([O-])[O-]. The molecule has 9 heteroatoms. The predicted octanol–water partition coefficient (Wildman–Crippen LogP) is -13.5. The molecule has 40 valence electrons. The van der Waals surface area contributed by atoms with Gasteiger partial charge in [0.1, 0.15) is 0 Å². The Balaban J connectivity index is -0.0000000133. The summed E-state index contributed by atoms with van der Waals surface area (Å²) >= 11 is -5.88. The molecule has 9 heavy (non-hydrogen) atoms. The van der Waals surface area contributed by atoms with Gasteiger partial charge in [0.15, 0.2) is 0 Å². The van der Waals surface area contributed by atoms with Gasteiger partial charge in [0.05, 0.1) is 0 Å².